The average molecular weight is 418 g/mol. The molecule has 0 aliphatic rings. The van der Waals surface area contributed by atoms with Crippen molar-refractivity contribution in [3.05, 3.63) is 63.9 Å². The molecule has 0 spiro atoms. The first kappa shape index (κ1) is 22.7. The third kappa shape index (κ3) is 6.19. The van der Waals surface area contributed by atoms with Crippen molar-refractivity contribution in [2.45, 2.75) is 58.5 Å². The smallest absolute Gasteiger partial charge is 0.254 e. The molecular formula is C22H28ClN3O3. The van der Waals surface area contributed by atoms with Gasteiger partial charge in [-0.15, -0.1) is 0 Å². The molecule has 1 aromatic heterocycles. The number of amides is 1. The van der Waals surface area contributed by atoms with Gasteiger partial charge in [-0.05, 0) is 32.4 Å². The number of aromatic nitrogens is 2. The third-order valence-corrected chi connectivity index (χ3v) is 4.96. The zero-order valence-corrected chi connectivity index (χ0v) is 17.9. The fraction of sp³-hybridized carbons (Fsp3) is 0.409. The SMILES string of the molecule is C=C(O)C(C)(C)NC(=O)Cn1c(CCCCC)nc(-c2ccc(Cl)cc2)cc1=O. The molecule has 0 aliphatic carbocycles. The number of carbonyl (C=O) groups is 1. The summed E-state index contributed by atoms with van der Waals surface area (Å²) >= 11 is 5.95. The average Bonchev–Trinajstić information content (AvgIpc) is 2.64. The molecule has 2 aromatic rings. The number of hydrogen-bond acceptors (Lipinski definition) is 4. The number of aliphatic hydroxyl groups excluding tert-OH is 1. The molecule has 2 N–H and O–H groups in total. The molecule has 0 unspecified atom stereocenters. The van der Waals surface area contributed by atoms with E-state index in [1.54, 1.807) is 26.0 Å². The van der Waals surface area contributed by atoms with Crippen LogP contribution in [0.5, 0.6) is 0 Å². The topological polar surface area (TPSA) is 84.2 Å². The van der Waals surface area contributed by atoms with Crippen LogP contribution < -0.4 is 10.9 Å². The number of hydrogen-bond donors (Lipinski definition) is 2. The molecule has 0 saturated heterocycles. The van der Waals surface area contributed by atoms with Crippen LogP contribution in [-0.2, 0) is 17.8 Å². The van der Waals surface area contributed by atoms with Gasteiger partial charge in [0.2, 0.25) is 5.91 Å². The first-order valence-electron chi connectivity index (χ1n) is 9.70. The lowest BCUT2D eigenvalue weighted by molar-refractivity contribution is -0.123. The summed E-state index contributed by atoms with van der Waals surface area (Å²) in [6, 6.07) is 8.55. The lowest BCUT2D eigenvalue weighted by Gasteiger charge is -2.25. The Morgan fingerprint density at radius 3 is 2.52 bits per heavy atom. The van der Waals surface area contributed by atoms with Crippen LogP contribution in [0, 0.1) is 0 Å². The summed E-state index contributed by atoms with van der Waals surface area (Å²) in [5.41, 5.74) is 0.0587. The quantitative estimate of drug-likeness (QED) is 0.471. The Kier molecular flexibility index (Phi) is 7.62. The van der Waals surface area contributed by atoms with Crippen molar-refractivity contribution in [2.75, 3.05) is 0 Å². The van der Waals surface area contributed by atoms with E-state index < -0.39 is 11.4 Å². The number of rotatable bonds is 9. The molecule has 7 heteroatoms. The van der Waals surface area contributed by atoms with E-state index in [0.717, 1.165) is 24.8 Å². The Morgan fingerprint density at radius 1 is 1.28 bits per heavy atom. The predicted octanol–water partition coefficient (Wildman–Crippen LogP) is 4.26. The molecule has 2 rings (SSSR count). The fourth-order valence-corrected chi connectivity index (χ4v) is 2.95. The molecule has 1 heterocycles. The highest BCUT2D eigenvalue weighted by atomic mass is 35.5. The molecule has 1 amide bonds. The monoisotopic (exact) mass is 417 g/mol. The number of aryl methyl sites for hydroxylation is 1. The Balaban J connectivity index is 2.36. The molecule has 0 atom stereocenters. The van der Waals surface area contributed by atoms with Gasteiger partial charge in [-0.1, -0.05) is 50.1 Å². The standard InChI is InChI=1S/C22H28ClN3O3/c1-5-6-7-8-19-24-18(16-9-11-17(23)12-10-16)13-21(29)26(19)14-20(28)25-22(3,4)15(2)27/h9-13,27H,2,5-8,14H2,1,3-4H3,(H,25,28). The van der Waals surface area contributed by atoms with Crippen LogP contribution in [0.1, 0.15) is 45.9 Å². The van der Waals surface area contributed by atoms with Crippen molar-refractivity contribution < 1.29 is 9.90 Å². The second-order valence-corrected chi connectivity index (χ2v) is 8.00. The van der Waals surface area contributed by atoms with Gasteiger partial charge in [-0.3, -0.25) is 14.2 Å². The molecule has 0 aliphatic heterocycles. The van der Waals surface area contributed by atoms with Crippen molar-refractivity contribution in [1.29, 1.82) is 0 Å². The largest absolute Gasteiger partial charge is 0.510 e. The number of aliphatic hydroxyl groups is 1. The van der Waals surface area contributed by atoms with Crippen LogP contribution in [0.4, 0.5) is 0 Å². The molecule has 0 fully saturated rings. The minimum atomic E-state index is -0.986. The third-order valence-electron chi connectivity index (χ3n) is 4.71. The van der Waals surface area contributed by atoms with Gasteiger partial charge < -0.3 is 10.4 Å². The molecule has 6 nitrogen and oxygen atoms in total. The van der Waals surface area contributed by atoms with Crippen molar-refractivity contribution in [3.63, 3.8) is 0 Å². The van der Waals surface area contributed by atoms with E-state index in [1.807, 2.05) is 12.1 Å². The van der Waals surface area contributed by atoms with E-state index in [1.165, 1.54) is 10.6 Å². The summed E-state index contributed by atoms with van der Waals surface area (Å²) in [4.78, 5) is 30.0. The molecule has 29 heavy (non-hydrogen) atoms. The highest BCUT2D eigenvalue weighted by molar-refractivity contribution is 6.30. The number of carbonyl (C=O) groups excluding carboxylic acids is 1. The van der Waals surface area contributed by atoms with Crippen LogP contribution >= 0.6 is 11.6 Å². The van der Waals surface area contributed by atoms with E-state index in [2.05, 4.69) is 23.8 Å². The van der Waals surface area contributed by atoms with E-state index >= 15 is 0 Å². The van der Waals surface area contributed by atoms with Crippen LogP contribution in [0.3, 0.4) is 0 Å². The van der Waals surface area contributed by atoms with Gasteiger partial charge in [0.15, 0.2) is 0 Å². The van der Waals surface area contributed by atoms with Gasteiger partial charge in [0.25, 0.3) is 5.56 Å². The van der Waals surface area contributed by atoms with Crippen molar-refractivity contribution in [1.82, 2.24) is 14.9 Å². The zero-order chi connectivity index (χ0) is 21.6. The van der Waals surface area contributed by atoms with E-state index in [9.17, 15) is 14.7 Å². The molecular weight excluding hydrogens is 390 g/mol. The van der Waals surface area contributed by atoms with E-state index in [-0.39, 0.29) is 17.9 Å². The molecule has 0 bridgehead atoms. The van der Waals surface area contributed by atoms with Crippen LogP contribution in [0.25, 0.3) is 11.3 Å². The Labute approximate surface area is 176 Å². The molecule has 0 saturated carbocycles. The highest BCUT2D eigenvalue weighted by Crippen LogP contribution is 2.19. The highest BCUT2D eigenvalue weighted by Gasteiger charge is 2.24. The second kappa shape index (κ2) is 9.74. The summed E-state index contributed by atoms with van der Waals surface area (Å²) in [6.07, 6.45) is 3.50. The normalized spacial score (nSPS) is 11.3. The lowest BCUT2D eigenvalue weighted by Crippen LogP contribution is -2.47. The first-order chi connectivity index (χ1) is 13.6. The zero-order valence-electron chi connectivity index (χ0n) is 17.2. The van der Waals surface area contributed by atoms with Gasteiger partial charge in [-0.2, -0.15) is 0 Å². The van der Waals surface area contributed by atoms with E-state index in [0.29, 0.717) is 23.0 Å². The maximum absolute atomic E-state index is 12.8. The first-order valence-corrected chi connectivity index (χ1v) is 10.1. The Morgan fingerprint density at radius 2 is 1.93 bits per heavy atom. The summed E-state index contributed by atoms with van der Waals surface area (Å²) in [5, 5.41) is 12.9. The van der Waals surface area contributed by atoms with Crippen molar-refractivity contribution in [2.24, 2.45) is 0 Å². The van der Waals surface area contributed by atoms with Gasteiger partial charge in [0.05, 0.1) is 11.2 Å². The minimum absolute atomic E-state index is 0.155. The summed E-state index contributed by atoms with van der Waals surface area (Å²) in [5.74, 6) is 0.00865. The van der Waals surface area contributed by atoms with Crippen molar-refractivity contribution in [3.8, 4) is 11.3 Å². The van der Waals surface area contributed by atoms with E-state index in [4.69, 9.17) is 11.6 Å². The summed E-state index contributed by atoms with van der Waals surface area (Å²) in [7, 11) is 0. The van der Waals surface area contributed by atoms with Gasteiger partial charge in [-0.25, -0.2) is 4.98 Å². The number of nitrogens with zero attached hydrogens (tertiary/aromatic N) is 2. The second-order valence-electron chi connectivity index (χ2n) is 7.57. The molecule has 0 radical (unpaired) electrons. The fourth-order valence-electron chi connectivity index (χ4n) is 2.82. The number of halogens is 1. The lowest BCUT2D eigenvalue weighted by atomic mass is 10.0. The van der Waals surface area contributed by atoms with Crippen LogP contribution in [0.2, 0.25) is 5.02 Å². The van der Waals surface area contributed by atoms with Gasteiger partial charge >= 0.3 is 0 Å². The molecule has 1 aromatic carbocycles. The van der Waals surface area contributed by atoms with Gasteiger partial charge in [0, 0.05) is 23.1 Å². The summed E-state index contributed by atoms with van der Waals surface area (Å²) < 4.78 is 1.39. The predicted molar refractivity (Wildman–Crippen MR) is 116 cm³/mol. The summed E-state index contributed by atoms with van der Waals surface area (Å²) in [6.45, 7) is 8.68. The maximum Gasteiger partial charge on any atom is 0.254 e. The van der Waals surface area contributed by atoms with Gasteiger partial charge in [0.1, 0.15) is 18.1 Å². The van der Waals surface area contributed by atoms with Crippen LogP contribution in [-0.4, -0.2) is 26.1 Å². The maximum atomic E-state index is 12.8. The number of nitrogens with one attached hydrogen (secondary N) is 1. The Bertz CT molecular complexity index is 933. The van der Waals surface area contributed by atoms with Crippen molar-refractivity contribution >= 4 is 17.5 Å². The molecule has 156 valence electrons. The van der Waals surface area contributed by atoms with Crippen LogP contribution in [0.15, 0.2) is 47.5 Å². The Hall–Kier alpha value is -2.60. The number of unbranched alkanes of at least 4 members (excludes halogenated alkanes) is 2. The number of benzene rings is 1. The minimum Gasteiger partial charge on any atom is -0.510 e.